The zero-order valence-electron chi connectivity index (χ0n) is 47.2. The zero-order valence-corrected chi connectivity index (χ0v) is 47.2. The first-order valence-electron chi connectivity index (χ1n) is 28.5. The highest BCUT2D eigenvalue weighted by Crippen LogP contribution is 2.60. The van der Waals surface area contributed by atoms with Crippen molar-refractivity contribution < 1.29 is 87.9 Å². The lowest BCUT2D eigenvalue weighted by molar-refractivity contribution is -0.324. The van der Waals surface area contributed by atoms with Crippen LogP contribution in [0.4, 0.5) is 0 Å². The third kappa shape index (κ3) is 20.0. The summed E-state index contributed by atoms with van der Waals surface area (Å²) in [6, 6.07) is 0. The molecule has 4 saturated heterocycles. The van der Waals surface area contributed by atoms with Crippen molar-refractivity contribution in [2.24, 2.45) is 29.1 Å². The summed E-state index contributed by atoms with van der Waals surface area (Å²) in [6.07, 6.45) is 4.33. The number of allylic oxidation sites excluding steroid dienone is 1. The number of hydrogen-bond donors (Lipinski definition) is 7. The monoisotopic (exact) mass is 1060 g/mol. The second-order valence-electron chi connectivity index (χ2n) is 21.9. The molecule has 7 rings (SSSR count). The summed E-state index contributed by atoms with van der Waals surface area (Å²) < 4.78 is 55.5. The van der Waals surface area contributed by atoms with Crippen LogP contribution in [0.5, 0.6) is 0 Å². The second-order valence-corrected chi connectivity index (χ2v) is 21.9. The maximum absolute atomic E-state index is 10.5. The Morgan fingerprint density at radius 3 is 1.72 bits per heavy atom. The molecule has 0 aromatic rings. The highest BCUT2D eigenvalue weighted by atomic mass is 16.7. The summed E-state index contributed by atoms with van der Waals surface area (Å²) >= 11 is 0. The molecule has 4 heterocycles. The highest BCUT2D eigenvalue weighted by molar-refractivity contribution is 5.37. The first-order valence-corrected chi connectivity index (χ1v) is 28.5. The van der Waals surface area contributed by atoms with Gasteiger partial charge in [-0.15, -0.1) is 0 Å². The van der Waals surface area contributed by atoms with Crippen LogP contribution in [0.25, 0.3) is 0 Å². The fourth-order valence-electron chi connectivity index (χ4n) is 12.4. The molecule has 0 radical (unpaired) electrons. The molecule has 7 fully saturated rings. The maximum atomic E-state index is 10.5. The largest absolute Gasteiger partial charge is 0.438 e. The van der Waals surface area contributed by atoms with Crippen molar-refractivity contribution in [3.63, 3.8) is 0 Å². The summed E-state index contributed by atoms with van der Waals surface area (Å²) in [5, 5.41) is 69.0. The van der Waals surface area contributed by atoms with Crippen LogP contribution >= 0.6 is 0 Å². The van der Waals surface area contributed by atoms with Crippen molar-refractivity contribution in [3.05, 3.63) is 12.2 Å². The van der Waals surface area contributed by atoms with Crippen LogP contribution < -0.4 is 0 Å². The van der Waals surface area contributed by atoms with Crippen molar-refractivity contribution in [1.82, 2.24) is 0 Å². The third-order valence-corrected chi connectivity index (χ3v) is 15.4. The SMILES string of the molecule is C=C1CCCC2C(CCC3C(C)CCC[C@]32C)C1.CC.CC(C)O[C@H]1C(O)C[C@@H](OC2CC(CO)OC(OC=O)C2)OC1CO.CCC.CCOC1CC(O)[C@H](O[C@@H]2CC(O)[C@H](OC(C)C)C(CO)O2)C(CO)O1. The van der Waals surface area contributed by atoms with Gasteiger partial charge in [-0.05, 0) is 109 Å². The van der Waals surface area contributed by atoms with E-state index in [1.807, 2.05) is 48.5 Å². The van der Waals surface area contributed by atoms with Gasteiger partial charge >= 0.3 is 0 Å². The van der Waals surface area contributed by atoms with Crippen LogP contribution in [0.2, 0.25) is 0 Å². The van der Waals surface area contributed by atoms with Gasteiger partial charge in [0.1, 0.15) is 36.6 Å². The molecule has 3 saturated carbocycles. The van der Waals surface area contributed by atoms with Crippen LogP contribution in [-0.4, -0.2) is 180 Å². The first kappa shape index (κ1) is 66.8. The van der Waals surface area contributed by atoms with E-state index >= 15 is 0 Å². The Balaban J connectivity index is 0.000000284. The minimum atomic E-state index is -0.921. The van der Waals surface area contributed by atoms with E-state index in [0.29, 0.717) is 24.9 Å². The van der Waals surface area contributed by atoms with Gasteiger partial charge in [0.25, 0.3) is 6.47 Å². The van der Waals surface area contributed by atoms with Crippen molar-refractivity contribution >= 4 is 6.47 Å². The van der Waals surface area contributed by atoms with Gasteiger partial charge in [-0.3, -0.25) is 4.79 Å². The molecule has 0 spiro atoms. The molecule has 0 aromatic heterocycles. The Labute approximate surface area is 444 Å². The summed E-state index contributed by atoms with van der Waals surface area (Å²) in [5.41, 5.74) is 2.22. The van der Waals surface area contributed by atoms with Gasteiger partial charge in [-0.1, -0.05) is 73.0 Å². The molecule has 4 aliphatic heterocycles. The fraction of sp³-hybridized carbons (Fsp3) is 0.946. The van der Waals surface area contributed by atoms with Crippen LogP contribution in [0.3, 0.4) is 0 Å². The van der Waals surface area contributed by atoms with Gasteiger partial charge in [0, 0.05) is 38.7 Å². The predicted octanol–water partition coefficient (Wildman–Crippen LogP) is 6.47. The molecular weight excluding hydrogens is 961 g/mol. The highest BCUT2D eigenvalue weighted by Gasteiger charge is 2.51. The lowest BCUT2D eigenvalue weighted by Gasteiger charge is -2.56. The van der Waals surface area contributed by atoms with Crippen molar-refractivity contribution in [2.75, 3.05) is 33.0 Å². The predicted molar refractivity (Wildman–Crippen MR) is 278 cm³/mol. The average Bonchev–Trinajstić information content (AvgIpc) is 3.56. The molecule has 436 valence electrons. The number of hydrogen-bond acceptors (Lipinski definition) is 18. The van der Waals surface area contributed by atoms with E-state index < -0.39 is 86.2 Å². The van der Waals surface area contributed by atoms with Crippen molar-refractivity contribution in [2.45, 2.75) is 277 Å². The summed E-state index contributed by atoms with van der Waals surface area (Å²) in [4.78, 5) is 10.5. The Hall–Kier alpha value is -1.43. The van der Waals surface area contributed by atoms with Gasteiger partial charge in [0.05, 0.1) is 69.2 Å². The summed E-state index contributed by atoms with van der Waals surface area (Å²) in [5.74, 6) is 4.00. The average molecular weight is 1070 g/mol. The molecule has 0 amide bonds. The van der Waals surface area contributed by atoms with Crippen LogP contribution in [0.15, 0.2) is 12.2 Å². The Bertz CT molecular complexity index is 1510. The van der Waals surface area contributed by atoms with E-state index in [0.717, 1.165) is 23.7 Å². The molecule has 7 aliphatic rings. The molecular formula is C56H104O18. The molecule has 14 unspecified atom stereocenters. The van der Waals surface area contributed by atoms with Gasteiger partial charge in [-0.25, -0.2) is 0 Å². The van der Waals surface area contributed by atoms with Crippen molar-refractivity contribution in [1.29, 1.82) is 0 Å². The van der Waals surface area contributed by atoms with Gasteiger partial charge in [0.2, 0.25) is 6.29 Å². The molecule has 18 heteroatoms. The molecule has 7 N–H and O–H groups in total. The molecule has 20 atom stereocenters. The molecule has 0 bridgehead atoms. The van der Waals surface area contributed by atoms with Gasteiger partial charge in [-0.2, -0.15) is 0 Å². The van der Waals surface area contributed by atoms with Crippen LogP contribution in [0, 0.1) is 29.1 Å². The smallest absolute Gasteiger partial charge is 0.295 e. The van der Waals surface area contributed by atoms with Crippen molar-refractivity contribution in [3.8, 4) is 0 Å². The van der Waals surface area contributed by atoms with Gasteiger partial charge < -0.3 is 83.1 Å². The summed E-state index contributed by atoms with van der Waals surface area (Å²) in [7, 11) is 0. The molecule has 3 aliphatic carbocycles. The quantitative estimate of drug-likeness (QED) is 0.0646. The molecule has 18 nitrogen and oxygen atoms in total. The normalized spacial score (nSPS) is 40.2. The summed E-state index contributed by atoms with van der Waals surface area (Å²) in [6.45, 7) is 26.4. The number of rotatable bonds is 16. The standard InChI is InChI=1S/C18H30.C17H32O9.C16H28O9.C3H8.C2H6/c1-13-6-4-8-17-15(12-13)9-10-16-14(2)7-5-11-18(16,17)3;1-4-22-14-5-10(20)17(13(8-19)24-14)26-15-6-11(21)16(23-9(2)3)12(7-18)25-15;1-9(2)22-16-12(20)5-15(25-13(16)7-18)23-10-3-11(6-17)24-14(4-10)21-8-19;1-3-2;1-2/h14-17H,1,4-12H2,2-3H3;9-21H,4-8H2,1-3H3;8-18,20H,3-7H2,1-2H3;3H2,1-2H3;1-2H3/t14?,15?,16?,17?,18-;10?,11?,12?,13?,14?,15-,16+,17+;10?,11?,12?,13?,14?,15-,16-;;/m110../s1. The Kier molecular flexibility index (Phi) is 31.2. The lowest BCUT2D eigenvalue weighted by Crippen LogP contribution is -2.57. The second kappa shape index (κ2) is 34.5. The number of aliphatic hydroxyl groups excluding tert-OH is 7. The van der Waals surface area contributed by atoms with E-state index in [2.05, 4.69) is 34.3 Å². The topological polar surface area (TPSA) is 251 Å². The maximum Gasteiger partial charge on any atom is 0.295 e. The number of aliphatic hydroxyl groups is 7. The number of fused-ring (bicyclic) bond motifs is 3. The molecule has 74 heavy (non-hydrogen) atoms. The third-order valence-electron chi connectivity index (χ3n) is 15.4. The van der Waals surface area contributed by atoms with E-state index in [9.17, 15) is 40.5 Å². The number of carbonyl (C=O) groups excluding carboxylic acids is 1. The zero-order chi connectivity index (χ0) is 55.1. The number of ether oxygens (including phenoxy) is 10. The van der Waals surface area contributed by atoms with Gasteiger partial charge in [0.15, 0.2) is 18.9 Å². The minimum Gasteiger partial charge on any atom is -0.438 e. The number of carbonyl (C=O) groups is 1. The fourth-order valence-corrected chi connectivity index (χ4v) is 12.4. The Morgan fingerprint density at radius 1 is 0.662 bits per heavy atom. The van der Waals surface area contributed by atoms with E-state index in [1.165, 1.54) is 64.2 Å². The van der Waals surface area contributed by atoms with Crippen LogP contribution in [-0.2, 0) is 52.2 Å². The van der Waals surface area contributed by atoms with Crippen LogP contribution in [0.1, 0.15) is 172 Å². The first-order chi connectivity index (χ1) is 35.4. The minimum absolute atomic E-state index is 0.114. The molecule has 0 aromatic carbocycles. The Morgan fingerprint density at radius 2 is 1.19 bits per heavy atom. The van der Waals surface area contributed by atoms with E-state index in [1.54, 1.807) is 5.57 Å². The van der Waals surface area contributed by atoms with E-state index in [4.69, 9.17) is 47.4 Å². The lowest BCUT2D eigenvalue weighted by atomic mass is 9.49. The van der Waals surface area contributed by atoms with E-state index in [-0.39, 0.29) is 70.5 Å².